The Kier molecular flexibility index (Phi) is 8.61. The zero-order valence-electron chi connectivity index (χ0n) is 22.2. The second kappa shape index (κ2) is 11.7. The minimum Gasteiger partial charge on any atom is -0.494 e. The van der Waals surface area contributed by atoms with Crippen LogP contribution in [0.4, 0.5) is 28.8 Å². The molecule has 38 heavy (non-hydrogen) atoms. The van der Waals surface area contributed by atoms with Crippen LogP contribution in [0.15, 0.2) is 53.6 Å². The van der Waals surface area contributed by atoms with Crippen LogP contribution in [0.25, 0.3) is 0 Å². The zero-order valence-corrected chi connectivity index (χ0v) is 23.8. The van der Waals surface area contributed by atoms with Crippen LogP contribution in [0.3, 0.4) is 0 Å². The number of nitrogens with one attached hydrogen (secondary N) is 3. The number of methoxy groups -OCH3 is 1. The number of aromatic nitrogens is 2. The monoisotopic (exact) mass is 559 g/mol. The Morgan fingerprint density at radius 3 is 2.58 bits per heavy atom. The van der Waals surface area contributed by atoms with Crippen molar-refractivity contribution in [2.24, 2.45) is 0 Å². The molecule has 2 aromatic carbocycles. The summed E-state index contributed by atoms with van der Waals surface area (Å²) in [5, 5.41) is 6.48. The lowest BCUT2D eigenvalue weighted by molar-refractivity contribution is 0.315. The number of likely N-dealkylation sites (N-methyl/N-ethyl adjacent to an activating group) is 1. The van der Waals surface area contributed by atoms with Gasteiger partial charge in [0.15, 0.2) is 5.82 Å². The molecular weight excluding hydrogens is 526 g/mol. The first-order valence-corrected chi connectivity index (χ1v) is 14.2. The largest absolute Gasteiger partial charge is 0.494 e. The highest BCUT2D eigenvalue weighted by atomic mass is 35.5. The van der Waals surface area contributed by atoms with Crippen LogP contribution in [0.1, 0.15) is 20.3 Å². The summed E-state index contributed by atoms with van der Waals surface area (Å²) in [7, 11) is 2.09. The Labute approximate surface area is 229 Å². The number of hydrogen-bond donors (Lipinski definition) is 3. The molecule has 0 unspecified atom stereocenters. The second-order valence-electron chi connectivity index (χ2n) is 9.65. The van der Waals surface area contributed by atoms with E-state index in [4.69, 9.17) is 16.3 Å². The Bertz CT molecular complexity index is 1390. The van der Waals surface area contributed by atoms with Crippen molar-refractivity contribution in [3.63, 3.8) is 0 Å². The first-order valence-electron chi connectivity index (χ1n) is 12.3. The van der Waals surface area contributed by atoms with Crippen LogP contribution in [0, 0.1) is 0 Å². The molecule has 0 aliphatic carbocycles. The van der Waals surface area contributed by atoms with E-state index in [1.165, 1.54) is 12.3 Å². The Morgan fingerprint density at radius 2 is 1.89 bits per heavy atom. The van der Waals surface area contributed by atoms with E-state index < -0.39 is 10.0 Å². The highest BCUT2D eigenvalue weighted by molar-refractivity contribution is 7.89. The maximum Gasteiger partial charge on any atom is 0.242 e. The molecule has 12 heteroatoms. The van der Waals surface area contributed by atoms with Gasteiger partial charge in [0.05, 0.1) is 24.7 Å². The summed E-state index contributed by atoms with van der Waals surface area (Å²) >= 11 is 6.37. The average molecular weight is 560 g/mol. The molecule has 0 bridgehead atoms. The van der Waals surface area contributed by atoms with E-state index in [-0.39, 0.29) is 27.7 Å². The molecule has 0 radical (unpaired) electrons. The maximum atomic E-state index is 12.8. The van der Waals surface area contributed by atoms with Crippen LogP contribution < -0.4 is 25.0 Å². The molecule has 3 aromatic rings. The van der Waals surface area contributed by atoms with Gasteiger partial charge >= 0.3 is 0 Å². The summed E-state index contributed by atoms with van der Waals surface area (Å²) in [5.74, 6) is 1.19. The second-order valence-corrected chi connectivity index (χ2v) is 11.7. The van der Waals surface area contributed by atoms with Gasteiger partial charge in [-0.15, -0.1) is 0 Å². The standard InChI is InChI=1S/C26H34ClN7O3S/c1-17(2)32-38(35,36)24-9-7-6-8-22(24)29-25-20(27)15-28-26(31-25)30-21-11-10-18(14-23(21)37-5)34-13-12-19(16-34)33(3)4/h6-11,14-15,17,19,32H,12-13,16H2,1-5H3,(H2,28,29,30,31)/t19-/m1/s1. The van der Waals surface area contributed by atoms with E-state index in [0.717, 1.165) is 25.2 Å². The third-order valence-corrected chi connectivity index (χ3v) is 8.25. The topological polar surface area (TPSA) is 112 Å². The molecule has 1 aliphatic rings. The van der Waals surface area contributed by atoms with Crippen molar-refractivity contribution in [1.82, 2.24) is 19.6 Å². The fourth-order valence-electron chi connectivity index (χ4n) is 4.32. The lowest BCUT2D eigenvalue weighted by Gasteiger charge is -2.23. The highest BCUT2D eigenvalue weighted by Gasteiger charge is 2.25. The normalized spacial score (nSPS) is 15.8. The lowest BCUT2D eigenvalue weighted by atomic mass is 10.2. The predicted molar refractivity (Wildman–Crippen MR) is 153 cm³/mol. The smallest absolute Gasteiger partial charge is 0.242 e. The van der Waals surface area contributed by atoms with Crippen molar-refractivity contribution >= 4 is 50.5 Å². The molecule has 0 spiro atoms. The highest BCUT2D eigenvalue weighted by Crippen LogP contribution is 2.34. The maximum absolute atomic E-state index is 12.8. The van der Waals surface area contributed by atoms with Crippen molar-refractivity contribution in [3.05, 3.63) is 53.7 Å². The van der Waals surface area contributed by atoms with Crippen molar-refractivity contribution in [2.45, 2.75) is 37.2 Å². The van der Waals surface area contributed by atoms with Crippen LogP contribution in [0.2, 0.25) is 5.02 Å². The number of hydrogen-bond acceptors (Lipinski definition) is 9. The summed E-state index contributed by atoms with van der Waals surface area (Å²) in [6, 6.07) is 12.8. The quantitative estimate of drug-likeness (QED) is 0.331. The van der Waals surface area contributed by atoms with Crippen molar-refractivity contribution < 1.29 is 13.2 Å². The van der Waals surface area contributed by atoms with Gasteiger partial charge in [-0.2, -0.15) is 4.98 Å². The Balaban J connectivity index is 1.56. The molecule has 1 aromatic heterocycles. The number of rotatable bonds is 10. The summed E-state index contributed by atoms with van der Waals surface area (Å²) in [4.78, 5) is 13.5. The van der Waals surface area contributed by atoms with Crippen LogP contribution in [-0.4, -0.2) is 69.7 Å². The number of benzene rings is 2. The van der Waals surface area contributed by atoms with Gasteiger partial charge in [-0.3, -0.25) is 0 Å². The van der Waals surface area contributed by atoms with E-state index in [1.54, 1.807) is 39.2 Å². The number of para-hydroxylation sites is 1. The van der Waals surface area contributed by atoms with E-state index in [0.29, 0.717) is 23.2 Å². The van der Waals surface area contributed by atoms with E-state index in [2.05, 4.69) is 49.2 Å². The number of halogens is 1. The molecule has 4 rings (SSSR count). The van der Waals surface area contributed by atoms with Crippen LogP contribution in [-0.2, 0) is 10.0 Å². The minimum atomic E-state index is -3.75. The molecule has 1 fully saturated rings. The number of ether oxygens (including phenoxy) is 1. The Morgan fingerprint density at radius 1 is 1.13 bits per heavy atom. The van der Waals surface area contributed by atoms with Gasteiger partial charge in [0.1, 0.15) is 15.7 Å². The SMILES string of the molecule is COc1cc(N2CC[C@@H](N(C)C)C2)ccc1Nc1ncc(Cl)c(Nc2ccccc2S(=O)(=O)NC(C)C)n1. The number of nitrogens with zero attached hydrogens (tertiary/aromatic N) is 4. The van der Waals surface area contributed by atoms with Gasteiger partial charge < -0.3 is 25.2 Å². The third kappa shape index (κ3) is 6.47. The third-order valence-electron chi connectivity index (χ3n) is 6.26. The summed E-state index contributed by atoms with van der Waals surface area (Å²) in [5.41, 5.74) is 2.12. The van der Waals surface area contributed by atoms with Crippen molar-refractivity contribution in [1.29, 1.82) is 0 Å². The number of anilines is 5. The summed E-state index contributed by atoms with van der Waals surface area (Å²) in [6.45, 7) is 5.47. The first-order chi connectivity index (χ1) is 18.1. The van der Waals surface area contributed by atoms with Crippen LogP contribution >= 0.6 is 11.6 Å². The lowest BCUT2D eigenvalue weighted by Crippen LogP contribution is -2.31. The average Bonchev–Trinajstić information content (AvgIpc) is 3.37. The molecule has 10 nitrogen and oxygen atoms in total. The minimum absolute atomic E-state index is 0.0913. The first kappa shape index (κ1) is 27.9. The molecule has 2 heterocycles. The van der Waals surface area contributed by atoms with Gasteiger partial charge in [-0.1, -0.05) is 23.7 Å². The van der Waals surface area contributed by atoms with Crippen LogP contribution in [0.5, 0.6) is 5.75 Å². The van der Waals surface area contributed by atoms with Gasteiger partial charge in [0, 0.05) is 36.9 Å². The van der Waals surface area contributed by atoms with Crippen molar-refractivity contribution in [2.75, 3.05) is 49.8 Å². The van der Waals surface area contributed by atoms with E-state index in [1.807, 2.05) is 18.2 Å². The van der Waals surface area contributed by atoms with E-state index in [9.17, 15) is 8.42 Å². The zero-order chi connectivity index (χ0) is 27.4. The van der Waals surface area contributed by atoms with Gasteiger partial charge in [-0.25, -0.2) is 18.1 Å². The molecule has 1 saturated heterocycles. The molecule has 1 aliphatic heterocycles. The van der Waals surface area contributed by atoms with Gasteiger partial charge in [0.2, 0.25) is 16.0 Å². The van der Waals surface area contributed by atoms with Crippen molar-refractivity contribution in [3.8, 4) is 5.75 Å². The number of sulfonamides is 1. The summed E-state index contributed by atoms with van der Waals surface area (Å²) < 4.78 is 33.9. The molecule has 204 valence electrons. The molecule has 0 saturated carbocycles. The van der Waals surface area contributed by atoms with Gasteiger partial charge in [-0.05, 0) is 58.6 Å². The molecular formula is C26H34ClN7O3S. The fourth-order valence-corrected chi connectivity index (χ4v) is 5.87. The molecule has 3 N–H and O–H groups in total. The summed E-state index contributed by atoms with van der Waals surface area (Å²) in [6.07, 6.45) is 2.57. The van der Waals surface area contributed by atoms with Gasteiger partial charge in [0.25, 0.3) is 0 Å². The fraction of sp³-hybridized carbons (Fsp3) is 0.385. The molecule has 0 amide bonds. The Hall–Kier alpha value is -3.12. The van der Waals surface area contributed by atoms with E-state index >= 15 is 0 Å². The predicted octanol–water partition coefficient (Wildman–Crippen LogP) is 4.45. The molecule has 1 atom stereocenters.